The molecule has 0 aromatic carbocycles. The van der Waals surface area contributed by atoms with E-state index in [1.807, 2.05) is 0 Å². The lowest BCUT2D eigenvalue weighted by Crippen LogP contribution is -3.02. The van der Waals surface area contributed by atoms with Crippen LogP contribution in [0.1, 0.15) is 0 Å². The fraction of sp³-hybridized carbons (Fsp3) is 0.667. The van der Waals surface area contributed by atoms with Crippen molar-refractivity contribution in [3.05, 3.63) is 11.9 Å². The maximum atomic E-state index is 10.1. The zero-order valence-corrected chi connectivity index (χ0v) is 3.31. The molecule has 1 N–H and O–H groups in total. The molecule has 0 spiro atoms. The summed E-state index contributed by atoms with van der Waals surface area (Å²) in [5.41, 5.74) is 0. The highest BCUT2D eigenvalue weighted by Gasteiger charge is 2.05. The van der Waals surface area contributed by atoms with Crippen molar-refractivity contribution in [2.45, 2.75) is 0 Å². The minimum absolute atomic E-state index is 0.106. The van der Waals surface area contributed by atoms with Gasteiger partial charge in [-0.15, -0.1) is 0 Å². The van der Waals surface area contributed by atoms with Crippen molar-refractivity contribution in [3.63, 3.8) is 0 Å². The Labute approximate surface area is 36.1 Å². The molecule has 1 rings (SSSR count). The van der Waals surface area contributed by atoms with Crippen LogP contribution in [-0.4, -0.2) is 13.2 Å². The molecule has 0 saturated carbocycles. The van der Waals surface area contributed by atoms with Gasteiger partial charge in [-0.3, -0.25) is 0 Å². The molecule has 6 heavy (non-hydrogen) atoms. The number of hydrogen-bond donors (Lipinski definition) is 1. The number of nitrogens with one attached hydrogen (secondary N) is 1. The Morgan fingerprint density at radius 2 is 2.67 bits per heavy atom. The first kappa shape index (κ1) is 4.05. The van der Waals surface area contributed by atoms with Gasteiger partial charge in [0, 0.05) is 0 Å². The van der Waals surface area contributed by atoms with Gasteiger partial charge in [-0.25, -0.2) is 0 Å². The van der Waals surface area contributed by atoms with Gasteiger partial charge in [-0.05, 0) is 0 Å². The van der Waals surface area contributed by atoms with Crippen LogP contribution < -0.4 is 5.06 Å². The molecule has 35 valence electrons. The van der Waals surface area contributed by atoms with E-state index in [1.165, 1.54) is 6.73 Å². The van der Waals surface area contributed by atoms with E-state index in [4.69, 9.17) is 0 Å². The zero-order valence-electron chi connectivity index (χ0n) is 3.31. The van der Waals surface area contributed by atoms with Gasteiger partial charge >= 0.3 is 0 Å². The molecular weight excluding hydrogens is 82.0 g/mol. The summed E-state index contributed by atoms with van der Waals surface area (Å²) < 4.78 is 4.58. The summed E-state index contributed by atoms with van der Waals surface area (Å²) >= 11 is 0. The monoisotopic (exact) mass is 88.0 g/mol. The Morgan fingerprint density at radius 1 is 1.83 bits per heavy atom. The zero-order chi connectivity index (χ0) is 4.41. The van der Waals surface area contributed by atoms with Crippen molar-refractivity contribution in [2.75, 3.05) is 13.2 Å². The van der Waals surface area contributed by atoms with E-state index in [0.29, 0.717) is 13.2 Å². The van der Waals surface area contributed by atoms with Gasteiger partial charge in [0.1, 0.15) is 13.2 Å². The number of hydroxylamine groups is 2. The lowest BCUT2D eigenvalue weighted by Gasteiger charge is -2.07. The second-order valence-electron chi connectivity index (χ2n) is 1.20. The van der Waals surface area contributed by atoms with Crippen LogP contribution in [0.15, 0.2) is 0 Å². The van der Waals surface area contributed by atoms with Gasteiger partial charge in [0.15, 0.2) is 0 Å². The van der Waals surface area contributed by atoms with E-state index in [0.717, 1.165) is 0 Å². The normalized spacial score (nSPS) is 34.5. The first-order valence-corrected chi connectivity index (χ1v) is 1.87. The van der Waals surface area contributed by atoms with Gasteiger partial charge in [0.2, 0.25) is 0 Å². The SMILES string of the molecule is [O-][NH+]1[CH]OCC1. The molecule has 1 heterocycles. The van der Waals surface area contributed by atoms with E-state index in [1.54, 1.807) is 0 Å². The van der Waals surface area contributed by atoms with Crippen molar-refractivity contribution in [2.24, 2.45) is 0 Å². The lowest BCUT2D eigenvalue weighted by molar-refractivity contribution is -0.810. The maximum Gasteiger partial charge on any atom is 0.272 e. The Hall–Kier alpha value is -0.120. The molecule has 0 aliphatic carbocycles. The molecule has 1 saturated heterocycles. The molecule has 3 nitrogen and oxygen atoms in total. The summed E-state index contributed by atoms with van der Waals surface area (Å²) in [7, 11) is 0. The Morgan fingerprint density at radius 3 is 2.83 bits per heavy atom. The molecule has 1 unspecified atom stereocenters. The first-order valence-electron chi connectivity index (χ1n) is 1.87. The topological polar surface area (TPSA) is 36.7 Å². The van der Waals surface area contributed by atoms with Crippen LogP contribution in [0.25, 0.3) is 0 Å². The third-order valence-electron chi connectivity index (χ3n) is 0.681. The molecule has 3 heteroatoms. The number of rotatable bonds is 0. The standard InChI is InChI=1S/C3H6NO2/c5-4-1-2-6-3-4/h3-4H,1-2H2. The van der Waals surface area contributed by atoms with Gasteiger partial charge < -0.3 is 15.0 Å². The average molecular weight is 88.1 g/mol. The summed E-state index contributed by atoms with van der Waals surface area (Å²) in [4.78, 5) is 0. The number of hydrogen-bond acceptors (Lipinski definition) is 2. The van der Waals surface area contributed by atoms with Crippen LogP contribution in [0.5, 0.6) is 0 Å². The van der Waals surface area contributed by atoms with E-state index < -0.39 is 0 Å². The molecule has 1 radical (unpaired) electrons. The molecule has 0 amide bonds. The van der Waals surface area contributed by atoms with Crippen molar-refractivity contribution in [1.29, 1.82) is 0 Å². The predicted molar refractivity (Wildman–Crippen MR) is 19.4 cm³/mol. The van der Waals surface area contributed by atoms with Crippen molar-refractivity contribution in [3.8, 4) is 0 Å². The van der Waals surface area contributed by atoms with Gasteiger partial charge in [-0.1, -0.05) is 0 Å². The van der Waals surface area contributed by atoms with Crippen LogP contribution in [-0.2, 0) is 4.74 Å². The van der Waals surface area contributed by atoms with Crippen LogP contribution in [0, 0.1) is 11.9 Å². The smallest absolute Gasteiger partial charge is 0.272 e. The second kappa shape index (κ2) is 1.55. The van der Waals surface area contributed by atoms with Crippen LogP contribution in [0.2, 0.25) is 0 Å². The fourth-order valence-corrected chi connectivity index (χ4v) is 0.370. The summed E-state index contributed by atoms with van der Waals surface area (Å²) in [5, 5.41) is 10.2. The molecular formula is C3H6NO2. The average Bonchev–Trinajstić information content (AvgIpc) is 1.86. The van der Waals surface area contributed by atoms with E-state index in [2.05, 4.69) is 4.74 Å². The van der Waals surface area contributed by atoms with E-state index in [-0.39, 0.29) is 5.06 Å². The third kappa shape index (κ3) is 0.680. The summed E-state index contributed by atoms with van der Waals surface area (Å²) in [6.07, 6.45) is 0. The Bertz CT molecular complexity index is 42.1. The summed E-state index contributed by atoms with van der Waals surface area (Å²) in [6, 6.07) is 0. The van der Waals surface area contributed by atoms with Gasteiger partial charge in [-0.2, -0.15) is 0 Å². The molecule has 0 aromatic rings. The van der Waals surface area contributed by atoms with Crippen molar-refractivity contribution < 1.29 is 9.80 Å². The Balaban J connectivity index is 2.18. The second-order valence-corrected chi connectivity index (χ2v) is 1.20. The highest BCUT2D eigenvalue weighted by molar-refractivity contribution is 4.38. The first-order chi connectivity index (χ1) is 2.89. The molecule has 1 aliphatic heterocycles. The minimum atomic E-state index is 0.106. The minimum Gasteiger partial charge on any atom is -0.632 e. The number of quaternary nitrogens is 1. The van der Waals surface area contributed by atoms with Crippen LogP contribution in [0.3, 0.4) is 0 Å². The number of ether oxygens (including phenoxy) is 1. The van der Waals surface area contributed by atoms with Crippen LogP contribution >= 0.6 is 0 Å². The van der Waals surface area contributed by atoms with Crippen molar-refractivity contribution >= 4 is 0 Å². The fourth-order valence-electron chi connectivity index (χ4n) is 0.370. The largest absolute Gasteiger partial charge is 0.632 e. The van der Waals surface area contributed by atoms with E-state index in [9.17, 15) is 5.21 Å². The third-order valence-corrected chi connectivity index (χ3v) is 0.681. The van der Waals surface area contributed by atoms with E-state index >= 15 is 0 Å². The molecule has 0 aromatic heterocycles. The van der Waals surface area contributed by atoms with Crippen molar-refractivity contribution in [1.82, 2.24) is 0 Å². The van der Waals surface area contributed by atoms with Gasteiger partial charge in [0.25, 0.3) is 6.73 Å². The molecule has 1 aliphatic rings. The molecule has 1 fully saturated rings. The quantitative estimate of drug-likeness (QED) is 0.366. The highest BCUT2D eigenvalue weighted by atomic mass is 16.6. The maximum absolute atomic E-state index is 10.1. The summed E-state index contributed by atoms with van der Waals surface area (Å²) in [5.74, 6) is 0. The molecule has 0 bridgehead atoms. The van der Waals surface area contributed by atoms with Gasteiger partial charge in [0.05, 0.1) is 0 Å². The lowest BCUT2D eigenvalue weighted by atomic mass is 10.7. The highest BCUT2D eigenvalue weighted by Crippen LogP contribution is 1.74. The predicted octanol–water partition coefficient (Wildman–Crippen LogP) is -1.48. The Kier molecular flexibility index (Phi) is 1.05. The molecule has 1 atom stereocenters. The van der Waals surface area contributed by atoms with Crippen LogP contribution in [0.4, 0.5) is 0 Å². The summed E-state index contributed by atoms with van der Waals surface area (Å²) in [6.45, 7) is 2.42.